The van der Waals surface area contributed by atoms with Crippen molar-refractivity contribution >= 4 is 23.3 Å². The third-order valence-corrected chi connectivity index (χ3v) is 6.41. The molecule has 5 heteroatoms. The number of amidine groups is 1. The van der Waals surface area contributed by atoms with E-state index in [-0.39, 0.29) is 22.1 Å². The van der Waals surface area contributed by atoms with E-state index >= 15 is 0 Å². The molecule has 1 fully saturated rings. The van der Waals surface area contributed by atoms with Gasteiger partial charge in [0.1, 0.15) is 5.84 Å². The molecule has 2 atom stereocenters. The predicted molar refractivity (Wildman–Crippen MR) is 128 cm³/mol. The van der Waals surface area contributed by atoms with Crippen LogP contribution in [0.1, 0.15) is 23.6 Å². The molecule has 32 heavy (non-hydrogen) atoms. The van der Waals surface area contributed by atoms with E-state index in [9.17, 15) is 10.1 Å². The van der Waals surface area contributed by atoms with E-state index in [1.54, 1.807) is 18.2 Å². The Morgan fingerprint density at radius 3 is 2.38 bits per heavy atom. The van der Waals surface area contributed by atoms with E-state index in [1.165, 1.54) is 5.56 Å². The van der Waals surface area contributed by atoms with E-state index in [0.29, 0.717) is 5.56 Å². The van der Waals surface area contributed by atoms with Crippen molar-refractivity contribution in [3.63, 3.8) is 0 Å². The Kier molecular flexibility index (Phi) is 4.94. The van der Waals surface area contributed by atoms with Crippen LogP contribution in [0.3, 0.4) is 0 Å². The minimum absolute atomic E-state index is 0.0389. The van der Waals surface area contributed by atoms with Crippen LogP contribution in [-0.4, -0.2) is 28.2 Å². The maximum absolute atomic E-state index is 11.4. The molecule has 0 bridgehead atoms. The highest BCUT2D eigenvalue weighted by atomic mass is 16.6. The van der Waals surface area contributed by atoms with Gasteiger partial charge in [0.2, 0.25) is 0 Å². The largest absolute Gasteiger partial charge is 0.348 e. The molecule has 2 aliphatic heterocycles. The van der Waals surface area contributed by atoms with Crippen molar-refractivity contribution in [1.82, 2.24) is 4.90 Å². The molecule has 0 saturated carbocycles. The van der Waals surface area contributed by atoms with Crippen molar-refractivity contribution in [2.24, 2.45) is 4.99 Å². The predicted octanol–water partition coefficient (Wildman–Crippen LogP) is 5.70. The maximum Gasteiger partial charge on any atom is 0.276 e. The van der Waals surface area contributed by atoms with Crippen molar-refractivity contribution in [2.45, 2.75) is 18.4 Å². The molecule has 0 aromatic heterocycles. The molecule has 1 saturated heterocycles. The quantitative estimate of drug-likeness (QED) is 0.392. The highest BCUT2D eigenvalue weighted by molar-refractivity contribution is 6.04. The fourth-order valence-corrected chi connectivity index (χ4v) is 4.69. The number of benzene rings is 3. The van der Waals surface area contributed by atoms with Gasteiger partial charge in [-0.1, -0.05) is 84.9 Å². The lowest BCUT2D eigenvalue weighted by Gasteiger charge is -2.58. The zero-order valence-electron chi connectivity index (χ0n) is 17.8. The number of rotatable bonds is 5. The van der Waals surface area contributed by atoms with Crippen molar-refractivity contribution in [3.8, 4) is 0 Å². The summed E-state index contributed by atoms with van der Waals surface area (Å²) in [5, 5.41) is 11.4. The number of hydrogen-bond donors (Lipinski definition) is 0. The third-order valence-electron chi connectivity index (χ3n) is 6.41. The Hall–Kier alpha value is -3.99. The van der Waals surface area contributed by atoms with Crippen LogP contribution in [0.4, 0.5) is 5.69 Å². The van der Waals surface area contributed by atoms with Crippen LogP contribution in [0, 0.1) is 10.1 Å². The molecule has 2 heterocycles. The average Bonchev–Trinajstić information content (AvgIpc) is 2.84. The summed E-state index contributed by atoms with van der Waals surface area (Å²) in [7, 11) is 0. The lowest BCUT2D eigenvalue weighted by atomic mass is 9.66. The van der Waals surface area contributed by atoms with Crippen LogP contribution in [0.5, 0.6) is 0 Å². The summed E-state index contributed by atoms with van der Waals surface area (Å²) < 4.78 is 0. The first-order chi connectivity index (χ1) is 15.6. The fraction of sp³-hybridized carbons (Fsp3) is 0.148. The van der Waals surface area contributed by atoms with Gasteiger partial charge in [-0.2, -0.15) is 0 Å². The standard InChI is InChI=1S/C27H23N3O2/c1-27(22-13-6-3-7-14-22)25(17-16-21-12-8-9-15-24(21)30(31)32)29-19-18-23(28-26(27)29)20-10-4-2-5-11-20/h2-18,25H,19H2,1H3/b17-16+/t25-,27-/m0/s1. The first-order valence-corrected chi connectivity index (χ1v) is 10.7. The van der Waals surface area contributed by atoms with Crippen LogP contribution >= 0.6 is 0 Å². The molecule has 0 amide bonds. The molecule has 0 spiro atoms. The smallest absolute Gasteiger partial charge is 0.276 e. The lowest BCUT2D eigenvalue weighted by Crippen LogP contribution is -2.70. The average molecular weight is 422 g/mol. The molecule has 5 nitrogen and oxygen atoms in total. The number of fused-ring (bicyclic) bond motifs is 1. The van der Waals surface area contributed by atoms with Gasteiger partial charge in [0.05, 0.1) is 27.6 Å². The normalized spacial score (nSPS) is 22.0. The van der Waals surface area contributed by atoms with Crippen molar-refractivity contribution in [3.05, 3.63) is 124 Å². The second-order valence-corrected chi connectivity index (χ2v) is 8.23. The van der Waals surface area contributed by atoms with Crippen LogP contribution in [0.25, 0.3) is 11.8 Å². The second-order valence-electron chi connectivity index (χ2n) is 8.23. The van der Waals surface area contributed by atoms with Crippen molar-refractivity contribution in [2.75, 3.05) is 6.54 Å². The summed E-state index contributed by atoms with van der Waals surface area (Å²) in [5.41, 5.74) is 3.67. The SMILES string of the molecule is C[C@@]1(c2ccccc2)C2=NC(c3ccccc3)=CCN2[C@H]1/C=C/c1ccccc1[N+](=O)[O-]. The fourth-order valence-electron chi connectivity index (χ4n) is 4.69. The highest BCUT2D eigenvalue weighted by Gasteiger charge is 2.55. The Morgan fingerprint density at radius 1 is 1.00 bits per heavy atom. The first-order valence-electron chi connectivity index (χ1n) is 10.7. The van der Waals surface area contributed by atoms with Gasteiger partial charge in [-0.15, -0.1) is 0 Å². The maximum atomic E-state index is 11.4. The minimum atomic E-state index is -0.334. The number of nitro groups is 1. The Labute approximate surface area is 187 Å². The Balaban J connectivity index is 1.54. The van der Waals surface area contributed by atoms with Crippen LogP contribution in [0.2, 0.25) is 0 Å². The molecule has 2 aliphatic rings. The minimum Gasteiger partial charge on any atom is -0.348 e. The van der Waals surface area contributed by atoms with E-state index in [1.807, 2.05) is 48.5 Å². The summed E-state index contributed by atoms with van der Waals surface area (Å²) in [6.07, 6.45) is 6.10. The van der Waals surface area contributed by atoms with Gasteiger partial charge in [-0.25, -0.2) is 4.99 Å². The summed E-state index contributed by atoms with van der Waals surface area (Å²) in [4.78, 5) is 18.4. The van der Waals surface area contributed by atoms with Gasteiger partial charge in [0.25, 0.3) is 5.69 Å². The van der Waals surface area contributed by atoms with Gasteiger partial charge in [-0.05, 0) is 30.2 Å². The summed E-state index contributed by atoms with van der Waals surface area (Å²) in [6, 6.07) is 27.5. The van der Waals surface area contributed by atoms with E-state index in [4.69, 9.17) is 4.99 Å². The van der Waals surface area contributed by atoms with Gasteiger partial charge in [-0.3, -0.25) is 10.1 Å². The number of aliphatic imine (C=N–C) groups is 1. The third kappa shape index (κ3) is 3.23. The first kappa shape index (κ1) is 19.9. The molecule has 3 aromatic rings. The van der Waals surface area contributed by atoms with Gasteiger partial charge in [0, 0.05) is 12.6 Å². The number of hydrogen-bond acceptors (Lipinski definition) is 4. The van der Waals surface area contributed by atoms with E-state index < -0.39 is 0 Å². The topological polar surface area (TPSA) is 58.7 Å². The Morgan fingerprint density at radius 2 is 1.66 bits per heavy atom. The zero-order chi connectivity index (χ0) is 22.1. The zero-order valence-corrected chi connectivity index (χ0v) is 17.8. The van der Waals surface area contributed by atoms with E-state index in [2.05, 4.69) is 48.2 Å². The molecule has 3 aromatic carbocycles. The molecule has 0 unspecified atom stereocenters. The van der Waals surface area contributed by atoms with Gasteiger partial charge < -0.3 is 4.90 Å². The molecule has 158 valence electrons. The summed E-state index contributed by atoms with van der Waals surface area (Å²) in [6.45, 7) is 2.96. The molecule has 5 rings (SSSR count). The molecular formula is C27H23N3O2. The van der Waals surface area contributed by atoms with Crippen LogP contribution in [-0.2, 0) is 5.41 Å². The van der Waals surface area contributed by atoms with Crippen molar-refractivity contribution in [1.29, 1.82) is 0 Å². The monoisotopic (exact) mass is 421 g/mol. The van der Waals surface area contributed by atoms with Crippen LogP contribution < -0.4 is 0 Å². The van der Waals surface area contributed by atoms with Crippen molar-refractivity contribution < 1.29 is 4.92 Å². The number of para-hydroxylation sites is 1. The van der Waals surface area contributed by atoms with Gasteiger partial charge >= 0.3 is 0 Å². The summed E-state index contributed by atoms with van der Waals surface area (Å²) in [5.74, 6) is 1.03. The second kappa shape index (κ2) is 7.93. The number of nitrogens with zero attached hydrogens (tertiary/aromatic N) is 3. The molecule has 0 N–H and O–H groups in total. The molecular weight excluding hydrogens is 398 g/mol. The lowest BCUT2D eigenvalue weighted by molar-refractivity contribution is -0.385. The van der Waals surface area contributed by atoms with Crippen LogP contribution in [0.15, 0.2) is 102 Å². The van der Waals surface area contributed by atoms with E-state index in [0.717, 1.165) is 23.6 Å². The number of nitro benzene ring substituents is 1. The molecule has 0 radical (unpaired) electrons. The van der Waals surface area contributed by atoms with Gasteiger partial charge in [0.15, 0.2) is 0 Å². The molecule has 0 aliphatic carbocycles. The Bertz CT molecular complexity index is 1250. The summed E-state index contributed by atoms with van der Waals surface area (Å²) >= 11 is 0. The highest BCUT2D eigenvalue weighted by Crippen LogP contribution is 2.46.